The molecule has 0 saturated heterocycles. The SMILES string of the molecule is CC.CC.CC.CC.CC.CC.CC.CC.CC1=CCc2cccc(C)c21.CC1=CCc2ccnc(C)c21.CC1=CCc2cncc(C)c21.Cc1ccnc2ccn(C)c12.Cc1cncc2ccn(C)c12.Cc1nccc2ccn(C)c12.Cc1nccc2cnn(C)c12.Cc1ncnc2ccn(C)c12. The Bertz CT molecular complexity index is 4080. The van der Waals surface area contributed by atoms with Crippen LogP contribution in [-0.2, 0) is 54.5 Å². The van der Waals surface area contributed by atoms with Crippen LogP contribution in [-0.4, -0.2) is 67.9 Å². The minimum absolute atomic E-state index is 1.01. The van der Waals surface area contributed by atoms with Crippen LogP contribution in [0, 0.1) is 55.4 Å². The van der Waals surface area contributed by atoms with Crippen LogP contribution in [0.3, 0.4) is 0 Å². The molecular formula is C90H130N14. The van der Waals surface area contributed by atoms with E-state index < -0.39 is 0 Å². The number of hydrogen-bond donors (Lipinski definition) is 0. The molecule has 3 aliphatic rings. The molecule has 104 heavy (non-hydrogen) atoms. The van der Waals surface area contributed by atoms with Gasteiger partial charge in [0.05, 0.1) is 61.9 Å². The van der Waals surface area contributed by atoms with E-state index in [0.29, 0.717) is 0 Å². The second-order valence-electron chi connectivity index (χ2n) is 22.9. The van der Waals surface area contributed by atoms with Gasteiger partial charge in [0, 0.05) is 137 Å². The van der Waals surface area contributed by atoms with Crippen molar-refractivity contribution in [1.29, 1.82) is 0 Å². The molecule has 0 spiro atoms. The zero-order valence-electron chi connectivity index (χ0n) is 70.0. The van der Waals surface area contributed by atoms with Gasteiger partial charge in [-0.2, -0.15) is 5.10 Å². The summed E-state index contributed by atoms with van der Waals surface area (Å²) in [6.45, 7) is 55.1. The predicted octanol–water partition coefficient (Wildman–Crippen LogP) is 24.1. The zero-order valence-corrected chi connectivity index (χ0v) is 70.0. The van der Waals surface area contributed by atoms with E-state index in [1.807, 2.05) is 261 Å². The third kappa shape index (κ3) is 25.2. The van der Waals surface area contributed by atoms with Crippen molar-refractivity contribution >= 4 is 71.5 Å². The number of aryl methyl sites for hydroxylation is 13. The first-order valence-corrected chi connectivity index (χ1v) is 37.8. The number of aromatic nitrogens is 14. The van der Waals surface area contributed by atoms with Crippen molar-refractivity contribution in [3.8, 4) is 0 Å². The van der Waals surface area contributed by atoms with Crippen LogP contribution in [0.15, 0.2) is 172 Å². The summed E-state index contributed by atoms with van der Waals surface area (Å²) < 4.78 is 10.2. The molecule has 0 fully saturated rings. The summed E-state index contributed by atoms with van der Waals surface area (Å²) in [7, 11) is 10.1. The number of rotatable bonds is 0. The second-order valence-corrected chi connectivity index (χ2v) is 22.9. The topological polar surface area (TPSA) is 141 Å². The minimum Gasteiger partial charge on any atom is -0.350 e. The molecule has 3 aliphatic carbocycles. The van der Waals surface area contributed by atoms with Gasteiger partial charge in [0.2, 0.25) is 0 Å². The molecule has 12 aromatic heterocycles. The van der Waals surface area contributed by atoms with E-state index in [1.54, 1.807) is 12.5 Å². The van der Waals surface area contributed by atoms with Crippen molar-refractivity contribution in [3.63, 3.8) is 0 Å². The molecule has 0 bridgehead atoms. The Morgan fingerprint density at radius 2 is 0.712 bits per heavy atom. The van der Waals surface area contributed by atoms with Gasteiger partial charge in [-0.1, -0.05) is 147 Å². The molecule has 14 nitrogen and oxygen atoms in total. The Hall–Kier alpha value is -9.95. The van der Waals surface area contributed by atoms with Crippen LogP contribution in [0.4, 0.5) is 0 Å². The summed E-state index contributed by atoms with van der Waals surface area (Å²) in [5.74, 6) is 0. The Morgan fingerprint density at radius 3 is 1.24 bits per heavy atom. The standard InChI is InChI=1S/C11H12.2C10H11N.3C9H10N2.2C8H9N3.8C2H6/c1-8-4-3-5-10-7-6-9(2)11(8)10;1-7-3-4-9-6-11-5-8(2)10(7)9;1-7-3-4-9-5-6-11-8(2)10(7)9;1-7-9-8(3-5-10-7)4-6-11(9)2;1-7-3-5-10-8-4-6-11(2)9(7)8;1-7-5-10-6-8-3-4-11(2)9(7)8;1-6-8-7(10-5-9-6)3-4-11(8)2;1-6-8-7(3-4-9-6)5-10-11(8)2;8*1-2/h3-6H,7H2,1-2H3;2*3,5-6H,4H2,1-2H3;3*3-6H,1-2H3;2*3-5H,1-2H3;8*1-2H3. The van der Waals surface area contributed by atoms with Gasteiger partial charge in [-0.3, -0.25) is 34.6 Å². The van der Waals surface area contributed by atoms with Gasteiger partial charge in [0.25, 0.3) is 0 Å². The number of benzene rings is 1. The first kappa shape index (κ1) is 92.1. The maximum absolute atomic E-state index is 4.26. The molecule has 1 aromatic carbocycles. The molecule has 0 N–H and O–H groups in total. The Labute approximate surface area is 627 Å². The van der Waals surface area contributed by atoms with Crippen molar-refractivity contribution in [2.24, 2.45) is 35.2 Å². The lowest BCUT2D eigenvalue weighted by Gasteiger charge is -2.04. The largest absolute Gasteiger partial charge is 0.350 e. The van der Waals surface area contributed by atoms with E-state index in [2.05, 4.69) is 188 Å². The van der Waals surface area contributed by atoms with Crippen molar-refractivity contribution in [2.45, 2.75) is 206 Å². The van der Waals surface area contributed by atoms with Gasteiger partial charge in [-0.15, -0.1) is 0 Å². The van der Waals surface area contributed by atoms with Crippen LogP contribution in [0.1, 0.15) is 210 Å². The summed E-state index contributed by atoms with van der Waals surface area (Å²) in [5.41, 5.74) is 30.4. The lowest BCUT2D eigenvalue weighted by Crippen LogP contribution is -1.92. The van der Waals surface area contributed by atoms with Crippen molar-refractivity contribution < 1.29 is 0 Å². The third-order valence-corrected chi connectivity index (χ3v) is 16.4. The predicted molar refractivity (Wildman–Crippen MR) is 455 cm³/mol. The van der Waals surface area contributed by atoms with E-state index in [4.69, 9.17) is 0 Å². The molecule has 16 rings (SSSR count). The maximum Gasteiger partial charge on any atom is 0.116 e. The number of pyridine rings is 6. The quantitative estimate of drug-likeness (QED) is 0.145. The highest BCUT2D eigenvalue weighted by molar-refractivity contribution is 5.84. The summed E-state index contributed by atoms with van der Waals surface area (Å²) in [6.07, 6.45) is 36.8. The summed E-state index contributed by atoms with van der Waals surface area (Å²) in [4.78, 5) is 33.4. The molecule has 0 aliphatic heterocycles. The molecular weight excluding hydrogens is 1280 g/mol. The Kier molecular flexibility index (Phi) is 43.9. The number of hydrogen-bond acceptors (Lipinski definition) is 9. The Morgan fingerprint density at radius 1 is 0.288 bits per heavy atom. The molecule has 12 heterocycles. The van der Waals surface area contributed by atoms with Crippen molar-refractivity contribution in [1.82, 2.24) is 67.9 Å². The van der Waals surface area contributed by atoms with Crippen LogP contribution in [0.5, 0.6) is 0 Å². The van der Waals surface area contributed by atoms with Gasteiger partial charge < -0.3 is 18.3 Å². The van der Waals surface area contributed by atoms with Crippen LogP contribution in [0.2, 0.25) is 0 Å². The normalized spacial score (nSPS) is 10.8. The fraction of sp³-hybridized carbons (Fsp3) is 0.389. The average Bonchev–Trinajstić information content (AvgIpc) is 1.77. The first-order valence-electron chi connectivity index (χ1n) is 37.8. The molecule has 0 amide bonds. The molecule has 0 unspecified atom stereocenters. The van der Waals surface area contributed by atoms with Gasteiger partial charge in [0.1, 0.15) is 6.33 Å². The number of allylic oxidation sites excluding steroid dienone is 6. The smallest absolute Gasteiger partial charge is 0.116 e. The molecule has 14 heteroatoms. The van der Waals surface area contributed by atoms with Crippen LogP contribution in [0.25, 0.3) is 71.5 Å². The first-order chi connectivity index (χ1) is 50.3. The molecule has 560 valence electrons. The van der Waals surface area contributed by atoms with Gasteiger partial charge >= 0.3 is 0 Å². The van der Waals surface area contributed by atoms with Crippen molar-refractivity contribution in [2.75, 3.05) is 0 Å². The monoisotopic (exact) mass is 1410 g/mol. The summed E-state index contributed by atoms with van der Waals surface area (Å²) in [5, 5.41) is 7.77. The highest BCUT2D eigenvalue weighted by Gasteiger charge is 2.15. The minimum atomic E-state index is 1.01. The summed E-state index contributed by atoms with van der Waals surface area (Å²) >= 11 is 0. The molecule has 0 saturated carbocycles. The zero-order chi connectivity index (χ0) is 78.8. The molecule has 0 atom stereocenters. The van der Waals surface area contributed by atoms with Crippen molar-refractivity contribution in [3.05, 3.63) is 250 Å². The van der Waals surface area contributed by atoms with Gasteiger partial charge in [0.15, 0.2) is 0 Å². The van der Waals surface area contributed by atoms with E-state index in [9.17, 15) is 0 Å². The third-order valence-electron chi connectivity index (χ3n) is 16.4. The lowest BCUT2D eigenvalue weighted by molar-refractivity contribution is 0.792. The van der Waals surface area contributed by atoms with Gasteiger partial charge in [-0.05, 0) is 211 Å². The van der Waals surface area contributed by atoms with E-state index in [-0.39, 0.29) is 0 Å². The highest BCUT2D eigenvalue weighted by Crippen LogP contribution is 2.31. The maximum atomic E-state index is 4.26. The molecule has 13 aromatic rings. The fourth-order valence-electron chi connectivity index (χ4n) is 12.1. The van der Waals surface area contributed by atoms with E-state index in [1.165, 1.54) is 99.7 Å². The highest BCUT2D eigenvalue weighted by atomic mass is 15.3. The summed E-state index contributed by atoms with van der Waals surface area (Å²) in [6, 6.07) is 22.9. The van der Waals surface area contributed by atoms with Crippen LogP contribution >= 0.6 is 0 Å². The number of nitrogens with zero attached hydrogens (tertiary/aromatic N) is 14. The average molecular weight is 1410 g/mol. The number of fused-ring (bicyclic) bond motifs is 8. The van der Waals surface area contributed by atoms with E-state index >= 15 is 0 Å². The Balaban J connectivity index is 0.000000578. The van der Waals surface area contributed by atoms with E-state index in [0.717, 1.165) is 69.5 Å². The fourth-order valence-corrected chi connectivity index (χ4v) is 12.1. The van der Waals surface area contributed by atoms with Gasteiger partial charge in [-0.25, -0.2) is 9.97 Å². The molecule has 0 radical (unpaired) electrons. The lowest BCUT2D eigenvalue weighted by atomic mass is 10.0. The van der Waals surface area contributed by atoms with Crippen LogP contribution < -0.4 is 0 Å². The second kappa shape index (κ2) is 49.6.